The molecule has 2 rings (SSSR count). The number of para-hydroxylation sites is 1. The number of anilines is 1. The average molecular weight is 224 g/mol. The minimum absolute atomic E-state index is 0.0784. The van der Waals surface area contributed by atoms with Gasteiger partial charge in [-0.05, 0) is 30.9 Å². The van der Waals surface area contributed by atoms with Crippen LogP contribution in [0.2, 0.25) is 0 Å². The number of benzene rings is 1. The molecule has 1 aromatic carbocycles. The zero-order valence-electron chi connectivity index (χ0n) is 9.17. The van der Waals surface area contributed by atoms with Crippen LogP contribution in [-0.2, 0) is 0 Å². The topological polar surface area (TPSA) is 12.0 Å². The molecule has 0 aliphatic heterocycles. The first kappa shape index (κ1) is 10.8. The van der Waals surface area contributed by atoms with Crippen LogP contribution in [0.25, 0.3) is 0 Å². The molecule has 1 fully saturated rings. The van der Waals surface area contributed by atoms with Crippen molar-refractivity contribution >= 4 is 17.3 Å². The smallest absolute Gasteiger partial charge is 0.0577 e. The maximum atomic E-state index is 6.12. The SMILES string of the molecule is CC(Cl)c1ccccc1NCCC1CC1. The van der Waals surface area contributed by atoms with Gasteiger partial charge in [0.1, 0.15) is 0 Å². The Balaban J connectivity index is 1.92. The van der Waals surface area contributed by atoms with Crippen LogP contribution in [0.3, 0.4) is 0 Å². The summed E-state index contributed by atoms with van der Waals surface area (Å²) < 4.78 is 0. The molecule has 1 N–H and O–H groups in total. The lowest BCUT2D eigenvalue weighted by molar-refractivity contribution is 0.759. The van der Waals surface area contributed by atoms with E-state index in [0.717, 1.165) is 12.5 Å². The molecule has 82 valence electrons. The Morgan fingerprint density at radius 1 is 1.40 bits per heavy atom. The van der Waals surface area contributed by atoms with E-state index in [1.54, 1.807) is 0 Å². The van der Waals surface area contributed by atoms with Gasteiger partial charge < -0.3 is 5.32 Å². The number of hydrogen-bond acceptors (Lipinski definition) is 1. The first-order valence-electron chi connectivity index (χ1n) is 5.74. The Bertz CT molecular complexity index is 318. The molecule has 0 radical (unpaired) electrons. The number of rotatable bonds is 5. The maximum Gasteiger partial charge on any atom is 0.0577 e. The largest absolute Gasteiger partial charge is 0.385 e. The van der Waals surface area contributed by atoms with Crippen LogP contribution in [0.4, 0.5) is 5.69 Å². The van der Waals surface area contributed by atoms with Crippen molar-refractivity contribution in [1.29, 1.82) is 0 Å². The summed E-state index contributed by atoms with van der Waals surface area (Å²) in [5.41, 5.74) is 2.40. The summed E-state index contributed by atoms with van der Waals surface area (Å²) in [6.07, 6.45) is 4.15. The van der Waals surface area contributed by atoms with Crippen LogP contribution in [0.15, 0.2) is 24.3 Å². The van der Waals surface area contributed by atoms with Crippen molar-refractivity contribution in [3.8, 4) is 0 Å². The van der Waals surface area contributed by atoms with E-state index in [1.165, 1.54) is 30.5 Å². The molecule has 15 heavy (non-hydrogen) atoms. The Morgan fingerprint density at radius 2 is 2.13 bits per heavy atom. The normalized spacial score (nSPS) is 17.5. The second-order valence-electron chi connectivity index (χ2n) is 4.36. The number of nitrogens with one attached hydrogen (secondary N) is 1. The van der Waals surface area contributed by atoms with E-state index in [2.05, 4.69) is 23.5 Å². The van der Waals surface area contributed by atoms with Crippen LogP contribution < -0.4 is 5.32 Å². The fraction of sp³-hybridized carbons (Fsp3) is 0.538. The van der Waals surface area contributed by atoms with E-state index in [1.807, 2.05) is 13.0 Å². The fourth-order valence-electron chi connectivity index (χ4n) is 1.82. The van der Waals surface area contributed by atoms with Crippen molar-refractivity contribution in [2.24, 2.45) is 5.92 Å². The summed E-state index contributed by atoms with van der Waals surface area (Å²) in [5, 5.41) is 3.56. The second kappa shape index (κ2) is 4.89. The van der Waals surface area contributed by atoms with Gasteiger partial charge in [-0.3, -0.25) is 0 Å². The quantitative estimate of drug-likeness (QED) is 0.738. The summed E-state index contributed by atoms with van der Waals surface area (Å²) in [5.74, 6) is 0.984. The first-order valence-corrected chi connectivity index (χ1v) is 6.18. The minimum atomic E-state index is 0.0784. The Morgan fingerprint density at radius 3 is 2.80 bits per heavy atom. The van der Waals surface area contributed by atoms with Crippen molar-refractivity contribution in [3.05, 3.63) is 29.8 Å². The van der Waals surface area contributed by atoms with Gasteiger partial charge in [-0.15, -0.1) is 11.6 Å². The highest BCUT2D eigenvalue weighted by molar-refractivity contribution is 6.21. The molecule has 1 saturated carbocycles. The number of halogens is 1. The molecule has 1 aliphatic carbocycles. The zero-order valence-corrected chi connectivity index (χ0v) is 9.93. The highest BCUT2D eigenvalue weighted by atomic mass is 35.5. The summed E-state index contributed by atoms with van der Waals surface area (Å²) in [6.45, 7) is 3.09. The molecule has 1 aromatic rings. The molecule has 1 aliphatic rings. The molecule has 1 unspecified atom stereocenters. The van der Waals surface area contributed by atoms with Crippen LogP contribution in [0, 0.1) is 5.92 Å². The lowest BCUT2D eigenvalue weighted by Crippen LogP contribution is -2.04. The monoisotopic (exact) mass is 223 g/mol. The van der Waals surface area contributed by atoms with Gasteiger partial charge in [0.05, 0.1) is 5.38 Å². The lowest BCUT2D eigenvalue weighted by atomic mass is 10.1. The Kier molecular flexibility index (Phi) is 3.53. The van der Waals surface area contributed by atoms with E-state index in [4.69, 9.17) is 11.6 Å². The Hall–Kier alpha value is -0.690. The molecular formula is C13H18ClN. The molecule has 1 atom stereocenters. The van der Waals surface area contributed by atoms with Gasteiger partial charge in [0.25, 0.3) is 0 Å². The van der Waals surface area contributed by atoms with Crippen molar-refractivity contribution in [1.82, 2.24) is 0 Å². The van der Waals surface area contributed by atoms with Crippen LogP contribution in [0.5, 0.6) is 0 Å². The van der Waals surface area contributed by atoms with Crippen molar-refractivity contribution in [2.75, 3.05) is 11.9 Å². The van der Waals surface area contributed by atoms with Crippen molar-refractivity contribution in [2.45, 2.75) is 31.6 Å². The minimum Gasteiger partial charge on any atom is -0.385 e. The molecule has 0 bridgehead atoms. The van der Waals surface area contributed by atoms with Crippen LogP contribution in [0.1, 0.15) is 37.1 Å². The van der Waals surface area contributed by atoms with E-state index in [0.29, 0.717) is 0 Å². The lowest BCUT2D eigenvalue weighted by Gasteiger charge is -2.13. The van der Waals surface area contributed by atoms with Gasteiger partial charge in [0, 0.05) is 12.2 Å². The zero-order chi connectivity index (χ0) is 10.7. The predicted molar refractivity (Wildman–Crippen MR) is 66.5 cm³/mol. The molecule has 0 spiro atoms. The molecular weight excluding hydrogens is 206 g/mol. The highest BCUT2D eigenvalue weighted by Gasteiger charge is 2.20. The highest BCUT2D eigenvalue weighted by Crippen LogP contribution is 2.32. The molecule has 0 aromatic heterocycles. The summed E-state index contributed by atoms with van der Waals surface area (Å²) >= 11 is 6.12. The van der Waals surface area contributed by atoms with Gasteiger partial charge in [0.2, 0.25) is 0 Å². The van der Waals surface area contributed by atoms with E-state index in [9.17, 15) is 0 Å². The van der Waals surface area contributed by atoms with Crippen LogP contribution in [-0.4, -0.2) is 6.54 Å². The first-order chi connectivity index (χ1) is 7.27. The van der Waals surface area contributed by atoms with Crippen molar-refractivity contribution < 1.29 is 0 Å². The Labute approximate surface area is 96.8 Å². The number of alkyl halides is 1. The van der Waals surface area contributed by atoms with Gasteiger partial charge in [-0.1, -0.05) is 31.0 Å². The van der Waals surface area contributed by atoms with Gasteiger partial charge in [-0.25, -0.2) is 0 Å². The average Bonchev–Trinajstić information content (AvgIpc) is 3.02. The maximum absolute atomic E-state index is 6.12. The van der Waals surface area contributed by atoms with E-state index < -0.39 is 0 Å². The van der Waals surface area contributed by atoms with Crippen molar-refractivity contribution in [3.63, 3.8) is 0 Å². The summed E-state index contributed by atoms with van der Waals surface area (Å²) in [7, 11) is 0. The molecule has 1 nitrogen and oxygen atoms in total. The van der Waals surface area contributed by atoms with E-state index >= 15 is 0 Å². The summed E-state index contributed by atoms with van der Waals surface area (Å²) in [6, 6.07) is 8.31. The van der Waals surface area contributed by atoms with E-state index in [-0.39, 0.29) is 5.38 Å². The molecule has 0 amide bonds. The van der Waals surface area contributed by atoms with Gasteiger partial charge >= 0.3 is 0 Å². The molecule has 0 saturated heterocycles. The fourth-order valence-corrected chi connectivity index (χ4v) is 2.01. The summed E-state index contributed by atoms with van der Waals surface area (Å²) in [4.78, 5) is 0. The van der Waals surface area contributed by atoms with Crippen LogP contribution >= 0.6 is 11.6 Å². The third-order valence-electron chi connectivity index (χ3n) is 2.95. The third-order valence-corrected chi connectivity index (χ3v) is 3.19. The van der Waals surface area contributed by atoms with Gasteiger partial charge in [0.15, 0.2) is 0 Å². The number of hydrogen-bond donors (Lipinski definition) is 1. The predicted octanol–water partition coefficient (Wildman–Crippen LogP) is 4.20. The molecule has 2 heteroatoms. The van der Waals surface area contributed by atoms with Gasteiger partial charge in [-0.2, -0.15) is 0 Å². The third kappa shape index (κ3) is 3.13. The second-order valence-corrected chi connectivity index (χ2v) is 5.02. The standard InChI is InChI=1S/C13H18ClN/c1-10(14)12-4-2-3-5-13(12)15-9-8-11-6-7-11/h2-5,10-11,15H,6-9H2,1H3. The molecule has 0 heterocycles.